The molecule has 2 aromatic rings. The predicted molar refractivity (Wildman–Crippen MR) is 60.2 cm³/mol. The molecular weight excluding hydrogens is 212 g/mol. The lowest BCUT2D eigenvalue weighted by Crippen LogP contribution is -1.93. The van der Waals surface area contributed by atoms with E-state index in [0.717, 1.165) is 5.39 Å². The van der Waals surface area contributed by atoms with E-state index in [2.05, 4.69) is 4.98 Å². The lowest BCUT2D eigenvalue weighted by molar-refractivity contribution is -0.386. The maximum absolute atomic E-state index is 10.9. The Hall–Kier alpha value is -1.62. The highest BCUT2D eigenvalue weighted by atomic mass is 32.2. The van der Waals surface area contributed by atoms with Crippen molar-refractivity contribution in [2.24, 2.45) is 0 Å². The Balaban J connectivity index is 2.85. The first-order chi connectivity index (χ1) is 7.24. The van der Waals surface area contributed by atoms with Crippen molar-refractivity contribution in [2.45, 2.75) is 4.90 Å². The van der Waals surface area contributed by atoms with E-state index in [-0.39, 0.29) is 10.6 Å². The van der Waals surface area contributed by atoms with Crippen molar-refractivity contribution < 1.29 is 4.92 Å². The predicted octanol–water partition coefficient (Wildman–Crippen LogP) is 2.86. The zero-order valence-electron chi connectivity index (χ0n) is 8.01. The van der Waals surface area contributed by atoms with Crippen LogP contribution in [0.4, 0.5) is 5.69 Å². The Morgan fingerprint density at radius 3 is 2.87 bits per heavy atom. The van der Waals surface area contributed by atoms with Crippen LogP contribution in [0.1, 0.15) is 0 Å². The molecule has 5 heteroatoms. The second-order valence-electron chi connectivity index (χ2n) is 2.95. The number of benzene rings is 1. The summed E-state index contributed by atoms with van der Waals surface area (Å²) in [6.45, 7) is 0. The Bertz CT molecular complexity index is 528. The summed E-state index contributed by atoms with van der Waals surface area (Å²) in [7, 11) is 0. The lowest BCUT2D eigenvalue weighted by Gasteiger charge is -2.02. The molecule has 0 amide bonds. The van der Waals surface area contributed by atoms with Gasteiger partial charge in [0, 0.05) is 11.6 Å². The molecule has 0 saturated carbocycles. The molecule has 0 saturated heterocycles. The van der Waals surface area contributed by atoms with Gasteiger partial charge < -0.3 is 0 Å². The number of thioether (sulfide) groups is 1. The second kappa shape index (κ2) is 3.86. The Morgan fingerprint density at radius 1 is 1.40 bits per heavy atom. The smallest absolute Gasteiger partial charge is 0.258 e. The fourth-order valence-corrected chi connectivity index (χ4v) is 2.02. The normalized spacial score (nSPS) is 10.5. The molecule has 2 rings (SSSR count). The number of pyridine rings is 1. The fourth-order valence-electron chi connectivity index (χ4n) is 1.45. The molecule has 0 N–H and O–H groups in total. The standard InChI is InChI=1S/C10H8N2O2S/c1-15-8-5-4-7-3-2-6-11-9(7)10(8)12(13)14/h2-6H,1H3. The van der Waals surface area contributed by atoms with E-state index in [4.69, 9.17) is 0 Å². The molecule has 0 aliphatic rings. The number of nitrogens with zero attached hydrogens (tertiary/aromatic N) is 2. The highest BCUT2D eigenvalue weighted by molar-refractivity contribution is 7.98. The van der Waals surface area contributed by atoms with Crippen LogP contribution in [0.2, 0.25) is 0 Å². The molecule has 0 radical (unpaired) electrons. The van der Waals surface area contributed by atoms with Crippen LogP contribution in [0.25, 0.3) is 10.9 Å². The minimum atomic E-state index is -0.374. The average Bonchev–Trinajstić information content (AvgIpc) is 2.27. The number of nitro groups is 1. The van der Waals surface area contributed by atoms with E-state index in [9.17, 15) is 10.1 Å². The van der Waals surface area contributed by atoms with Gasteiger partial charge in [-0.3, -0.25) is 10.1 Å². The van der Waals surface area contributed by atoms with E-state index in [1.165, 1.54) is 11.8 Å². The van der Waals surface area contributed by atoms with Crippen LogP contribution in [0.5, 0.6) is 0 Å². The summed E-state index contributed by atoms with van der Waals surface area (Å²) >= 11 is 1.36. The summed E-state index contributed by atoms with van der Waals surface area (Å²) in [4.78, 5) is 15.3. The Labute approximate surface area is 90.5 Å². The first-order valence-corrected chi connectivity index (χ1v) is 5.52. The van der Waals surface area contributed by atoms with Crippen molar-refractivity contribution in [2.75, 3.05) is 6.26 Å². The summed E-state index contributed by atoms with van der Waals surface area (Å²) in [5, 5.41) is 11.7. The maximum Gasteiger partial charge on any atom is 0.308 e. The van der Waals surface area contributed by atoms with Crippen molar-refractivity contribution in [1.29, 1.82) is 0 Å². The zero-order chi connectivity index (χ0) is 10.8. The highest BCUT2D eigenvalue weighted by Gasteiger charge is 2.18. The summed E-state index contributed by atoms with van der Waals surface area (Å²) < 4.78 is 0. The molecule has 15 heavy (non-hydrogen) atoms. The van der Waals surface area contributed by atoms with Crippen LogP contribution in [0.15, 0.2) is 35.4 Å². The minimum absolute atomic E-state index is 0.0978. The topological polar surface area (TPSA) is 56.0 Å². The molecule has 1 heterocycles. The third-order valence-electron chi connectivity index (χ3n) is 2.11. The SMILES string of the molecule is CSc1ccc2cccnc2c1[N+](=O)[O-]. The van der Waals surface area contributed by atoms with Crippen LogP contribution < -0.4 is 0 Å². The van der Waals surface area contributed by atoms with Gasteiger partial charge in [-0.25, -0.2) is 4.98 Å². The summed E-state index contributed by atoms with van der Waals surface area (Å²) in [5.74, 6) is 0. The summed E-state index contributed by atoms with van der Waals surface area (Å²) in [6, 6.07) is 7.19. The van der Waals surface area contributed by atoms with Gasteiger partial charge in [-0.15, -0.1) is 11.8 Å². The summed E-state index contributed by atoms with van der Waals surface area (Å²) in [5.41, 5.74) is 0.551. The monoisotopic (exact) mass is 220 g/mol. The molecule has 76 valence electrons. The first-order valence-electron chi connectivity index (χ1n) is 4.30. The molecule has 0 aliphatic heterocycles. The largest absolute Gasteiger partial charge is 0.308 e. The summed E-state index contributed by atoms with van der Waals surface area (Å²) in [6.07, 6.45) is 3.39. The molecule has 0 spiro atoms. The fraction of sp³-hybridized carbons (Fsp3) is 0.100. The Kier molecular flexibility index (Phi) is 2.55. The van der Waals surface area contributed by atoms with E-state index in [1.807, 2.05) is 18.4 Å². The van der Waals surface area contributed by atoms with Gasteiger partial charge in [0.2, 0.25) is 0 Å². The van der Waals surface area contributed by atoms with Gasteiger partial charge in [0.15, 0.2) is 0 Å². The van der Waals surface area contributed by atoms with E-state index >= 15 is 0 Å². The number of hydrogen-bond acceptors (Lipinski definition) is 4. The van der Waals surface area contributed by atoms with Crippen molar-refractivity contribution in [1.82, 2.24) is 4.98 Å². The van der Waals surface area contributed by atoms with E-state index < -0.39 is 0 Å². The number of fused-ring (bicyclic) bond motifs is 1. The lowest BCUT2D eigenvalue weighted by atomic mass is 10.2. The van der Waals surface area contributed by atoms with Crippen LogP contribution >= 0.6 is 11.8 Å². The van der Waals surface area contributed by atoms with Crippen LogP contribution in [-0.4, -0.2) is 16.2 Å². The first kappa shape index (κ1) is 9.92. The van der Waals surface area contributed by atoms with Crippen molar-refractivity contribution >= 4 is 28.4 Å². The van der Waals surface area contributed by atoms with Crippen LogP contribution in [-0.2, 0) is 0 Å². The average molecular weight is 220 g/mol. The molecule has 0 atom stereocenters. The molecule has 1 aromatic heterocycles. The molecule has 4 nitrogen and oxygen atoms in total. The van der Waals surface area contributed by atoms with Gasteiger partial charge >= 0.3 is 5.69 Å². The molecule has 0 unspecified atom stereocenters. The highest BCUT2D eigenvalue weighted by Crippen LogP contribution is 2.33. The quantitative estimate of drug-likeness (QED) is 0.443. The van der Waals surface area contributed by atoms with Crippen molar-refractivity contribution in [3.63, 3.8) is 0 Å². The molecule has 0 fully saturated rings. The third kappa shape index (κ3) is 1.66. The van der Waals surface area contributed by atoms with Crippen molar-refractivity contribution in [3.8, 4) is 0 Å². The van der Waals surface area contributed by atoms with Gasteiger partial charge in [0.25, 0.3) is 0 Å². The van der Waals surface area contributed by atoms with Gasteiger partial charge in [-0.05, 0) is 18.4 Å². The molecule has 0 bridgehead atoms. The van der Waals surface area contributed by atoms with Crippen molar-refractivity contribution in [3.05, 3.63) is 40.6 Å². The van der Waals surface area contributed by atoms with Gasteiger partial charge in [0.1, 0.15) is 5.52 Å². The Morgan fingerprint density at radius 2 is 2.20 bits per heavy atom. The number of hydrogen-bond donors (Lipinski definition) is 0. The molecule has 0 aliphatic carbocycles. The van der Waals surface area contributed by atoms with Gasteiger partial charge in [-0.1, -0.05) is 12.1 Å². The minimum Gasteiger partial charge on any atom is -0.258 e. The third-order valence-corrected chi connectivity index (χ3v) is 2.88. The van der Waals surface area contributed by atoms with E-state index in [0.29, 0.717) is 10.4 Å². The van der Waals surface area contributed by atoms with Gasteiger partial charge in [-0.2, -0.15) is 0 Å². The number of aromatic nitrogens is 1. The van der Waals surface area contributed by atoms with Gasteiger partial charge in [0.05, 0.1) is 9.82 Å². The second-order valence-corrected chi connectivity index (χ2v) is 3.80. The number of nitro benzene ring substituents is 1. The zero-order valence-corrected chi connectivity index (χ0v) is 8.82. The van der Waals surface area contributed by atoms with Crippen LogP contribution in [0.3, 0.4) is 0 Å². The number of rotatable bonds is 2. The van der Waals surface area contributed by atoms with Crippen LogP contribution in [0, 0.1) is 10.1 Å². The molecular formula is C10H8N2O2S. The maximum atomic E-state index is 10.9. The van der Waals surface area contributed by atoms with E-state index in [1.54, 1.807) is 18.3 Å². The molecule has 1 aromatic carbocycles.